The minimum atomic E-state index is -0.125. The van der Waals surface area contributed by atoms with E-state index in [2.05, 4.69) is 173 Å². The Kier molecular flexibility index (Phi) is 8.35. The molecule has 0 aliphatic heterocycles. The maximum Gasteiger partial charge on any atom is 2.00 e. The summed E-state index contributed by atoms with van der Waals surface area (Å²) in [5.74, 6) is 1.76. The number of hydrogen-bond acceptors (Lipinski definition) is 2. The average Bonchev–Trinajstić information content (AvgIpc) is 3.80. The van der Waals surface area contributed by atoms with E-state index in [-0.39, 0.29) is 31.9 Å². The number of nitrogens with zero attached hydrogens (tertiary/aromatic N) is 5. The third kappa shape index (κ3) is 5.83. The topological polar surface area (TPSA) is 49.7 Å². The van der Waals surface area contributed by atoms with Crippen molar-refractivity contribution in [2.45, 2.75) is 59.3 Å². The molecule has 0 aliphatic rings. The van der Waals surface area contributed by atoms with Gasteiger partial charge >= 0.3 is 21.1 Å². The van der Waals surface area contributed by atoms with Crippen molar-refractivity contribution in [2.24, 2.45) is 0 Å². The summed E-state index contributed by atoms with van der Waals surface area (Å²) in [6.07, 6.45) is 0. The van der Waals surface area contributed by atoms with Crippen LogP contribution in [0.15, 0.2) is 121 Å². The molecule has 0 saturated heterocycles. The zero-order chi connectivity index (χ0) is 35.9. The first kappa shape index (κ1) is 34.8. The fourth-order valence-electron chi connectivity index (χ4n) is 7.47. The van der Waals surface area contributed by atoms with Gasteiger partial charge in [-0.3, -0.25) is 9.97 Å². The Bertz CT molecular complexity index is 2820. The Morgan fingerprint density at radius 2 is 1.25 bits per heavy atom. The SMILES string of the molecule is Cc1[n-]c(-n2c3ccc(C(C)(C)C)cc3c3ccc(-c4[c-]c(-c5nc6ccccc6n5-c5ccccc5)cc(C(C)(C)C)c4)nc32)c2ccccc12.[Pt+2]. The summed E-state index contributed by atoms with van der Waals surface area (Å²) >= 11 is 0. The molecule has 4 heterocycles. The molecule has 0 unspecified atom stereocenters. The number of pyridine rings is 1. The van der Waals surface area contributed by atoms with Crippen molar-refractivity contribution in [1.29, 1.82) is 0 Å². The van der Waals surface area contributed by atoms with Gasteiger partial charge in [-0.15, -0.1) is 23.8 Å². The number of aryl methyl sites for hydroxylation is 1. The van der Waals surface area contributed by atoms with Gasteiger partial charge in [0.25, 0.3) is 0 Å². The van der Waals surface area contributed by atoms with Gasteiger partial charge in [0, 0.05) is 16.8 Å². The van der Waals surface area contributed by atoms with Crippen molar-refractivity contribution >= 4 is 43.7 Å². The number of aromatic nitrogens is 5. The number of hydrogen-bond donors (Lipinski definition) is 0. The molecule has 5 nitrogen and oxygen atoms in total. The Balaban J connectivity index is 0.00000400. The van der Waals surface area contributed by atoms with Crippen LogP contribution in [0.25, 0.3) is 77.9 Å². The van der Waals surface area contributed by atoms with Crippen molar-refractivity contribution in [3.8, 4) is 34.2 Å². The molecule has 0 amide bonds. The van der Waals surface area contributed by atoms with Crippen LogP contribution in [0.1, 0.15) is 58.4 Å². The van der Waals surface area contributed by atoms with E-state index in [9.17, 15) is 0 Å². The fourth-order valence-corrected chi connectivity index (χ4v) is 7.47. The predicted octanol–water partition coefficient (Wildman–Crippen LogP) is 11.7. The second-order valence-electron chi connectivity index (χ2n) is 16.0. The van der Waals surface area contributed by atoms with E-state index in [4.69, 9.17) is 15.0 Å². The maximum absolute atomic E-state index is 5.51. The van der Waals surface area contributed by atoms with Gasteiger partial charge in [0.1, 0.15) is 0 Å². The van der Waals surface area contributed by atoms with Crippen LogP contribution in [0.2, 0.25) is 0 Å². The largest absolute Gasteiger partial charge is 2.00 e. The Morgan fingerprint density at radius 3 is 2.00 bits per heavy atom. The number of para-hydroxylation sites is 3. The van der Waals surface area contributed by atoms with E-state index < -0.39 is 0 Å². The minimum absolute atomic E-state index is 0. The van der Waals surface area contributed by atoms with E-state index in [1.807, 2.05) is 12.1 Å². The standard InChI is InChI=1S/C47H41N5.Pt/c1-29-35-17-11-12-18-36(35)44(48-29)52-41-24-21-32(46(2,3)4)28-38(41)37-22-23-39(49-45(37)52)30-25-31(27-33(26-30)47(5,6)7)43-50-40-19-13-14-20-42(40)51(43)34-15-9-8-10-16-34;/h8-24,26-28H,1-7H3;/q-2;+2. The summed E-state index contributed by atoms with van der Waals surface area (Å²) in [7, 11) is 0. The molecule has 0 N–H and O–H groups in total. The summed E-state index contributed by atoms with van der Waals surface area (Å²) in [5, 5.41) is 4.56. The first-order valence-electron chi connectivity index (χ1n) is 18.1. The minimum Gasteiger partial charge on any atom is -0.439 e. The monoisotopic (exact) mass is 870 g/mol. The summed E-state index contributed by atoms with van der Waals surface area (Å²) in [5.41, 5.74) is 11.1. The van der Waals surface area contributed by atoms with Crippen LogP contribution in [0.4, 0.5) is 0 Å². The third-order valence-corrected chi connectivity index (χ3v) is 10.4. The Hall–Kier alpha value is -5.25. The summed E-state index contributed by atoms with van der Waals surface area (Å²) in [6, 6.07) is 46.8. The van der Waals surface area contributed by atoms with Gasteiger partial charge in [-0.05, 0) is 75.1 Å². The molecular formula is C47H41N5Pt. The van der Waals surface area contributed by atoms with Gasteiger partial charge in [-0.25, -0.2) is 0 Å². The fraction of sp³-hybridized carbons (Fsp3) is 0.191. The van der Waals surface area contributed by atoms with Gasteiger partial charge in [0.05, 0.1) is 22.5 Å². The molecule has 0 radical (unpaired) electrons. The molecule has 0 fully saturated rings. The average molecular weight is 871 g/mol. The molecule has 0 saturated carbocycles. The zero-order valence-electron chi connectivity index (χ0n) is 31.1. The van der Waals surface area contributed by atoms with Crippen LogP contribution in [0, 0.1) is 13.0 Å². The van der Waals surface area contributed by atoms with Gasteiger partial charge in [0.15, 0.2) is 0 Å². The van der Waals surface area contributed by atoms with E-state index in [1.165, 1.54) is 16.5 Å². The quantitative estimate of drug-likeness (QED) is 0.166. The molecule has 264 valence electrons. The van der Waals surface area contributed by atoms with Crippen LogP contribution >= 0.6 is 0 Å². The van der Waals surface area contributed by atoms with Gasteiger partial charge in [-0.1, -0.05) is 143 Å². The van der Waals surface area contributed by atoms with Crippen LogP contribution < -0.4 is 4.98 Å². The van der Waals surface area contributed by atoms with Gasteiger partial charge in [-0.2, -0.15) is 0 Å². The summed E-state index contributed by atoms with van der Waals surface area (Å²) in [4.78, 5) is 15.9. The maximum atomic E-state index is 5.51. The number of benzene rings is 5. The number of imidazole rings is 1. The smallest absolute Gasteiger partial charge is 0.439 e. The van der Waals surface area contributed by atoms with Crippen molar-refractivity contribution < 1.29 is 21.1 Å². The zero-order valence-corrected chi connectivity index (χ0v) is 33.4. The van der Waals surface area contributed by atoms with Gasteiger partial charge < -0.3 is 14.1 Å². The molecule has 4 aromatic heterocycles. The summed E-state index contributed by atoms with van der Waals surface area (Å²) < 4.78 is 4.51. The van der Waals surface area contributed by atoms with Crippen LogP contribution in [0.3, 0.4) is 0 Å². The molecule has 0 bridgehead atoms. The Labute approximate surface area is 325 Å². The molecule has 9 rings (SSSR count). The van der Waals surface area contributed by atoms with Crippen molar-refractivity contribution in [3.63, 3.8) is 0 Å². The second kappa shape index (κ2) is 12.7. The summed E-state index contributed by atoms with van der Waals surface area (Å²) in [6.45, 7) is 15.7. The molecule has 0 spiro atoms. The second-order valence-corrected chi connectivity index (χ2v) is 16.0. The van der Waals surface area contributed by atoms with Crippen molar-refractivity contribution in [3.05, 3.63) is 144 Å². The van der Waals surface area contributed by atoms with E-state index in [1.54, 1.807) is 0 Å². The van der Waals surface area contributed by atoms with Crippen LogP contribution in [-0.2, 0) is 31.9 Å². The van der Waals surface area contributed by atoms with Gasteiger partial charge in [0.2, 0.25) is 0 Å². The molecular weight excluding hydrogens is 830 g/mol. The molecule has 6 heteroatoms. The first-order valence-corrected chi connectivity index (χ1v) is 18.1. The van der Waals surface area contributed by atoms with Crippen LogP contribution in [0.5, 0.6) is 0 Å². The number of rotatable bonds is 4. The van der Waals surface area contributed by atoms with Crippen molar-refractivity contribution in [1.82, 2.24) is 24.1 Å². The molecule has 5 aromatic carbocycles. The predicted molar refractivity (Wildman–Crippen MR) is 216 cm³/mol. The molecule has 53 heavy (non-hydrogen) atoms. The molecule has 0 aliphatic carbocycles. The third-order valence-electron chi connectivity index (χ3n) is 10.4. The molecule has 0 atom stereocenters. The van der Waals surface area contributed by atoms with E-state index in [0.717, 1.165) is 78.2 Å². The number of fused-ring (bicyclic) bond motifs is 5. The Morgan fingerprint density at radius 1 is 0.566 bits per heavy atom. The van der Waals surface area contributed by atoms with Crippen LogP contribution in [-0.4, -0.2) is 19.1 Å². The van der Waals surface area contributed by atoms with E-state index >= 15 is 0 Å². The van der Waals surface area contributed by atoms with E-state index in [0.29, 0.717) is 0 Å². The first-order chi connectivity index (χ1) is 25.0. The molecule has 9 aromatic rings. The van der Waals surface area contributed by atoms with Crippen molar-refractivity contribution in [2.75, 3.05) is 0 Å². The normalized spacial score (nSPS) is 12.3.